The summed E-state index contributed by atoms with van der Waals surface area (Å²) in [5.74, 6) is 0.382. The van der Waals surface area contributed by atoms with E-state index in [1.54, 1.807) is 0 Å². The molecule has 1 fully saturated rings. The Morgan fingerprint density at radius 3 is 2.06 bits per heavy atom. The van der Waals surface area contributed by atoms with Crippen LogP contribution >= 0.6 is 0 Å². The van der Waals surface area contributed by atoms with Crippen LogP contribution in [0.15, 0.2) is 84.9 Å². The van der Waals surface area contributed by atoms with E-state index in [4.69, 9.17) is 10.5 Å². The maximum atomic E-state index is 13.1. The standard InChI is InChI=1S/C27H28N2O3/c28-24-17-23(24)22-13-11-20(12-14-22)16-26(30)25(15-19-7-3-1-4-8-19)29-27(31)32-18-21-9-5-2-6-10-21/h1-14,23-25H,15-18,28H2,(H,29,31). The fourth-order valence-corrected chi connectivity index (χ4v) is 3.81. The van der Waals surface area contributed by atoms with E-state index in [0.717, 1.165) is 23.1 Å². The number of ketones is 1. The lowest BCUT2D eigenvalue weighted by Gasteiger charge is -2.18. The van der Waals surface area contributed by atoms with Gasteiger partial charge in [-0.1, -0.05) is 84.9 Å². The molecular weight excluding hydrogens is 400 g/mol. The molecule has 4 rings (SSSR count). The van der Waals surface area contributed by atoms with Crippen molar-refractivity contribution in [2.24, 2.45) is 5.73 Å². The van der Waals surface area contributed by atoms with E-state index in [1.165, 1.54) is 5.56 Å². The number of benzene rings is 3. The van der Waals surface area contributed by atoms with Crippen LogP contribution in [0.25, 0.3) is 0 Å². The predicted molar refractivity (Wildman–Crippen MR) is 124 cm³/mol. The molecule has 3 unspecified atom stereocenters. The second-order valence-corrected chi connectivity index (χ2v) is 8.34. The molecule has 1 amide bonds. The first-order valence-corrected chi connectivity index (χ1v) is 11.0. The van der Waals surface area contributed by atoms with Crippen molar-refractivity contribution in [2.75, 3.05) is 0 Å². The lowest BCUT2D eigenvalue weighted by Crippen LogP contribution is -2.43. The molecule has 0 heterocycles. The summed E-state index contributed by atoms with van der Waals surface area (Å²) in [6, 6.07) is 26.8. The Hall–Kier alpha value is -3.44. The molecule has 3 aromatic rings. The molecule has 0 radical (unpaired) electrons. The molecule has 5 nitrogen and oxygen atoms in total. The van der Waals surface area contributed by atoms with Crippen molar-refractivity contribution in [3.05, 3.63) is 107 Å². The molecule has 1 saturated carbocycles. The van der Waals surface area contributed by atoms with Gasteiger partial charge in [0.2, 0.25) is 0 Å². The molecule has 3 aromatic carbocycles. The first-order chi connectivity index (χ1) is 15.6. The minimum Gasteiger partial charge on any atom is -0.445 e. The van der Waals surface area contributed by atoms with Crippen LogP contribution in [-0.4, -0.2) is 24.0 Å². The highest BCUT2D eigenvalue weighted by molar-refractivity contribution is 5.89. The molecule has 0 spiro atoms. The van der Waals surface area contributed by atoms with Crippen molar-refractivity contribution in [3.8, 4) is 0 Å². The number of rotatable bonds is 9. The highest BCUT2D eigenvalue weighted by Gasteiger charge is 2.34. The normalized spacial score (nSPS) is 17.9. The summed E-state index contributed by atoms with van der Waals surface area (Å²) in [7, 11) is 0. The Balaban J connectivity index is 1.39. The Labute approximate surface area is 188 Å². The minimum atomic E-state index is -0.669. The van der Waals surface area contributed by atoms with Gasteiger partial charge >= 0.3 is 6.09 Å². The summed E-state index contributed by atoms with van der Waals surface area (Å²) in [6.07, 6.45) is 1.08. The van der Waals surface area contributed by atoms with Crippen LogP contribution in [-0.2, 0) is 29.0 Å². The SMILES string of the molecule is NC1CC1c1ccc(CC(=O)C(Cc2ccccc2)NC(=O)OCc2ccccc2)cc1. The topological polar surface area (TPSA) is 81.4 Å². The Morgan fingerprint density at radius 1 is 0.875 bits per heavy atom. The van der Waals surface area contributed by atoms with Crippen molar-refractivity contribution >= 4 is 11.9 Å². The van der Waals surface area contributed by atoms with Crippen molar-refractivity contribution in [1.29, 1.82) is 0 Å². The van der Waals surface area contributed by atoms with E-state index >= 15 is 0 Å². The van der Waals surface area contributed by atoms with Gasteiger partial charge in [-0.25, -0.2) is 4.79 Å². The van der Waals surface area contributed by atoms with Gasteiger partial charge in [-0.2, -0.15) is 0 Å². The van der Waals surface area contributed by atoms with Gasteiger partial charge in [0.15, 0.2) is 5.78 Å². The average Bonchev–Trinajstić information content (AvgIpc) is 3.55. The van der Waals surface area contributed by atoms with Crippen LogP contribution in [0.5, 0.6) is 0 Å². The van der Waals surface area contributed by atoms with Crippen LogP contribution in [0.3, 0.4) is 0 Å². The number of Topliss-reactive ketones (excluding diaryl/α,β-unsaturated/α-hetero) is 1. The van der Waals surface area contributed by atoms with Crippen LogP contribution in [0.2, 0.25) is 0 Å². The molecule has 32 heavy (non-hydrogen) atoms. The quantitative estimate of drug-likeness (QED) is 0.536. The zero-order valence-electron chi connectivity index (χ0n) is 17.9. The number of nitrogens with one attached hydrogen (secondary N) is 1. The third-order valence-electron chi connectivity index (χ3n) is 5.80. The molecule has 1 aliphatic rings. The minimum absolute atomic E-state index is 0.0543. The van der Waals surface area contributed by atoms with Crippen LogP contribution < -0.4 is 11.1 Å². The second kappa shape index (κ2) is 10.2. The predicted octanol–water partition coefficient (Wildman–Crippen LogP) is 4.15. The average molecular weight is 429 g/mol. The number of carbonyl (C=O) groups excluding carboxylic acids is 2. The van der Waals surface area contributed by atoms with E-state index in [1.807, 2.05) is 84.9 Å². The highest BCUT2D eigenvalue weighted by atomic mass is 16.5. The summed E-state index contributed by atoms with van der Waals surface area (Å²) >= 11 is 0. The summed E-state index contributed by atoms with van der Waals surface area (Å²) in [6.45, 7) is 0.156. The van der Waals surface area contributed by atoms with Gasteiger partial charge in [0.1, 0.15) is 6.61 Å². The third-order valence-corrected chi connectivity index (χ3v) is 5.80. The molecule has 5 heteroatoms. The van der Waals surface area contributed by atoms with Gasteiger partial charge in [-0.3, -0.25) is 4.79 Å². The molecule has 1 aliphatic carbocycles. The van der Waals surface area contributed by atoms with E-state index in [-0.39, 0.29) is 24.9 Å². The molecule has 3 atom stereocenters. The number of amides is 1. The summed E-state index contributed by atoms with van der Waals surface area (Å²) in [4.78, 5) is 25.6. The van der Waals surface area contributed by atoms with Crippen LogP contribution in [0.1, 0.15) is 34.6 Å². The van der Waals surface area contributed by atoms with E-state index in [0.29, 0.717) is 12.3 Å². The smallest absolute Gasteiger partial charge is 0.408 e. The summed E-state index contributed by atoms with van der Waals surface area (Å²) < 4.78 is 5.34. The first kappa shape index (κ1) is 21.8. The Kier molecular flexibility index (Phi) is 6.97. The fraction of sp³-hybridized carbons (Fsp3) is 0.259. The van der Waals surface area contributed by atoms with Crippen molar-refractivity contribution in [3.63, 3.8) is 0 Å². The van der Waals surface area contributed by atoms with Gasteiger partial charge in [-0.05, 0) is 35.1 Å². The number of hydrogen-bond donors (Lipinski definition) is 2. The first-order valence-electron chi connectivity index (χ1n) is 11.0. The van der Waals surface area contributed by atoms with Crippen LogP contribution in [0, 0.1) is 0 Å². The van der Waals surface area contributed by atoms with E-state index in [9.17, 15) is 9.59 Å². The second-order valence-electron chi connectivity index (χ2n) is 8.34. The van der Waals surface area contributed by atoms with Gasteiger partial charge in [-0.15, -0.1) is 0 Å². The summed E-state index contributed by atoms with van der Waals surface area (Å²) in [5.41, 5.74) is 9.95. The Bertz CT molecular complexity index is 1040. The monoisotopic (exact) mass is 428 g/mol. The van der Waals surface area contributed by atoms with Gasteiger partial charge < -0.3 is 15.8 Å². The molecule has 0 aliphatic heterocycles. The van der Waals surface area contributed by atoms with E-state index < -0.39 is 12.1 Å². The zero-order chi connectivity index (χ0) is 22.3. The molecule has 3 N–H and O–H groups in total. The number of ether oxygens (including phenoxy) is 1. The van der Waals surface area contributed by atoms with Crippen molar-refractivity contribution < 1.29 is 14.3 Å². The maximum Gasteiger partial charge on any atom is 0.408 e. The number of alkyl carbamates (subject to hydrolysis) is 1. The lowest BCUT2D eigenvalue weighted by atomic mass is 9.97. The van der Waals surface area contributed by atoms with Crippen molar-refractivity contribution in [2.45, 2.75) is 43.9 Å². The van der Waals surface area contributed by atoms with Crippen molar-refractivity contribution in [1.82, 2.24) is 5.32 Å². The highest BCUT2D eigenvalue weighted by Crippen LogP contribution is 2.38. The largest absolute Gasteiger partial charge is 0.445 e. The van der Waals surface area contributed by atoms with Gasteiger partial charge in [0.05, 0.1) is 6.04 Å². The number of nitrogens with two attached hydrogens (primary N) is 1. The molecule has 0 aromatic heterocycles. The van der Waals surface area contributed by atoms with Gasteiger partial charge in [0, 0.05) is 18.4 Å². The zero-order valence-corrected chi connectivity index (χ0v) is 17.9. The number of carbonyl (C=O) groups is 2. The molecular formula is C27H28N2O3. The van der Waals surface area contributed by atoms with Gasteiger partial charge in [0.25, 0.3) is 0 Å². The van der Waals surface area contributed by atoms with Crippen LogP contribution in [0.4, 0.5) is 4.79 Å². The summed E-state index contributed by atoms with van der Waals surface area (Å²) in [5, 5.41) is 2.77. The third kappa shape index (κ3) is 6.05. The maximum absolute atomic E-state index is 13.1. The molecule has 0 saturated heterocycles. The number of hydrogen-bond acceptors (Lipinski definition) is 4. The molecule has 164 valence electrons. The fourth-order valence-electron chi connectivity index (χ4n) is 3.81. The van der Waals surface area contributed by atoms with E-state index in [2.05, 4.69) is 5.32 Å². The Morgan fingerprint density at radius 2 is 1.47 bits per heavy atom. The lowest BCUT2D eigenvalue weighted by molar-refractivity contribution is -0.120. The molecule has 0 bridgehead atoms.